The number of carbonyl (C=O) groups is 1. The van der Waals surface area contributed by atoms with E-state index in [0.717, 1.165) is 29.5 Å². The Kier molecular flexibility index (Phi) is 3.79. The van der Waals surface area contributed by atoms with Gasteiger partial charge in [-0.05, 0) is 43.0 Å². The molecule has 28 heavy (non-hydrogen) atoms. The molecule has 0 spiro atoms. The summed E-state index contributed by atoms with van der Waals surface area (Å²) in [4.78, 5) is 32.1. The lowest BCUT2D eigenvalue weighted by Gasteiger charge is -2.31. The molecule has 0 saturated heterocycles. The molecule has 6 nitrogen and oxygen atoms in total. The van der Waals surface area contributed by atoms with E-state index in [1.807, 2.05) is 37.3 Å². The summed E-state index contributed by atoms with van der Waals surface area (Å²) in [5.41, 5.74) is 4.23. The molecule has 0 fully saturated rings. The van der Waals surface area contributed by atoms with E-state index in [-0.39, 0.29) is 23.6 Å². The smallest absolute Gasteiger partial charge is 0.297 e. The molecule has 5 rings (SSSR count). The topological polar surface area (TPSA) is 68.3 Å². The number of nitrogens with zero attached hydrogens (tertiary/aromatic N) is 3. The van der Waals surface area contributed by atoms with Crippen LogP contribution >= 0.6 is 0 Å². The number of fused-ring (bicyclic) bond motifs is 4. The van der Waals surface area contributed by atoms with Gasteiger partial charge in [-0.2, -0.15) is 0 Å². The number of rotatable bonds is 2. The molecular weight excluding hydrogens is 354 g/mol. The maximum absolute atomic E-state index is 13.1. The predicted molar refractivity (Wildman–Crippen MR) is 108 cm³/mol. The zero-order valence-electron chi connectivity index (χ0n) is 15.5. The van der Waals surface area contributed by atoms with Gasteiger partial charge in [-0.15, -0.1) is 0 Å². The Morgan fingerprint density at radius 2 is 2.04 bits per heavy atom. The number of para-hydroxylation sites is 2. The molecule has 0 N–H and O–H groups in total. The largest absolute Gasteiger partial charge is 0.448 e. The molecule has 2 aromatic heterocycles. The molecule has 0 radical (unpaired) electrons. The molecule has 2 aromatic carbocycles. The Morgan fingerprint density at radius 3 is 2.93 bits per heavy atom. The van der Waals surface area contributed by atoms with Crippen LogP contribution in [0.15, 0.2) is 58.0 Å². The van der Waals surface area contributed by atoms with Crippen LogP contribution in [-0.4, -0.2) is 22.0 Å². The first-order valence-corrected chi connectivity index (χ1v) is 9.39. The summed E-state index contributed by atoms with van der Waals surface area (Å²) >= 11 is 0. The SMILES string of the molecule is Cc1cccc2c1N(C(=O)Cn1cnc3c(oc4ccccc43)c1=O)CCC2. The Bertz CT molecular complexity index is 1290. The molecule has 0 atom stereocenters. The maximum atomic E-state index is 13.1. The number of aromatic nitrogens is 2. The number of hydrogen-bond donors (Lipinski definition) is 0. The molecule has 0 bridgehead atoms. The van der Waals surface area contributed by atoms with Crippen molar-refractivity contribution in [1.82, 2.24) is 9.55 Å². The van der Waals surface area contributed by atoms with Crippen LogP contribution in [0.4, 0.5) is 5.69 Å². The van der Waals surface area contributed by atoms with Gasteiger partial charge in [0.15, 0.2) is 0 Å². The third-order valence-corrected chi connectivity index (χ3v) is 5.38. The number of anilines is 1. The Morgan fingerprint density at radius 1 is 1.18 bits per heavy atom. The van der Waals surface area contributed by atoms with Crippen LogP contribution in [0.5, 0.6) is 0 Å². The zero-order chi connectivity index (χ0) is 19.3. The highest BCUT2D eigenvalue weighted by Gasteiger charge is 2.25. The van der Waals surface area contributed by atoms with E-state index in [2.05, 4.69) is 11.1 Å². The third-order valence-electron chi connectivity index (χ3n) is 5.38. The van der Waals surface area contributed by atoms with E-state index >= 15 is 0 Å². The number of amides is 1. The van der Waals surface area contributed by atoms with Crippen LogP contribution in [0.2, 0.25) is 0 Å². The van der Waals surface area contributed by atoms with Gasteiger partial charge in [-0.1, -0.05) is 30.3 Å². The molecule has 0 aliphatic carbocycles. The Labute approximate surface area is 161 Å². The van der Waals surface area contributed by atoms with Crippen molar-refractivity contribution in [2.45, 2.75) is 26.3 Å². The van der Waals surface area contributed by atoms with Crippen molar-refractivity contribution in [2.24, 2.45) is 0 Å². The van der Waals surface area contributed by atoms with Crippen LogP contribution < -0.4 is 10.5 Å². The lowest BCUT2D eigenvalue weighted by Crippen LogP contribution is -2.40. The third kappa shape index (κ3) is 2.52. The molecule has 1 aliphatic rings. The van der Waals surface area contributed by atoms with Crippen LogP contribution in [0.1, 0.15) is 17.5 Å². The van der Waals surface area contributed by atoms with Gasteiger partial charge >= 0.3 is 0 Å². The van der Waals surface area contributed by atoms with Crippen molar-refractivity contribution in [3.05, 3.63) is 70.3 Å². The van der Waals surface area contributed by atoms with E-state index in [1.165, 1.54) is 16.5 Å². The molecule has 0 unspecified atom stereocenters. The van der Waals surface area contributed by atoms with E-state index in [4.69, 9.17) is 4.42 Å². The van der Waals surface area contributed by atoms with Crippen LogP contribution in [0.25, 0.3) is 22.1 Å². The zero-order valence-corrected chi connectivity index (χ0v) is 15.5. The second-order valence-corrected chi connectivity index (χ2v) is 7.19. The summed E-state index contributed by atoms with van der Waals surface area (Å²) in [6, 6.07) is 13.5. The fourth-order valence-electron chi connectivity index (χ4n) is 4.06. The van der Waals surface area contributed by atoms with Gasteiger partial charge in [0.2, 0.25) is 11.5 Å². The monoisotopic (exact) mass is 373 g/mol. The molecule has 1 aliphatic heterocycles. The average molecular weight is 373 g/mol. The second-order valence-electron chi connectivity index (χ2n) is 7.19. The maximum Gasteiger partial charge on any atom is 0.297 e. The Balaban J connectivity index is 1.53. The number of benzene rings is 2. The molecule has 3 heterocycles. The molecular formula is C22H19N3O3. The minimum Gasteiger partial charge on any atom is -0.448 e. The quantitative estimate of drug-likeness (QED) is 0.540. The van der Waals surface area contributed by atoms with Gasteiger partial charge in [0.25, 0.3) is 5.56 Å². The van der Waals surface area contributed by atoms with Crippen molar-refractivity contribution in [1.29, 1.82) is 0 Å². The summed E-state index contributed by atoms with van der Waals surface area (Å²) in [5.74, 6) is -0.116. The van der Waals surface area contributed by atoms with Gasteiger partial charge in [-0.25, -0.2) is 4.98 Å². The fourth-order valence-corrected chi connectivity index (χ4v) is 4.06. The van der Waals surface area contributed by atoms with Crippen molar-refractivity contribution >= 4 is 33.7 Å². The van der Waals surface area contributed by atoms with Crippen molar-refractivity contribution in [2.75, 3.05) is 11.4 Å². The van der Waals surface area contributed by atoms with Crippen LogP contribution in [0.3, 0.4) is 0 Å². The van der Waals surface area contributed by atoms with Gasteiger partial charge in [0.1, 0.15) is 17.6 Å². The number of furan rings is 1. The highest BCUT2D eigenvalue weighted by Crippen LogP contribution is 2.30. The van der Waals surface area contributed by atoms with Crippen LogP contribution in [-0.2, 0) is 17.8 Å². The van der Waals surface area contributed by atoms with Gasteiger partial charge in [-0.3, -0.25) is 14.2 Å². The van der Waals surface area contributed by atoms with E-state index in [1.54, 1.807) is 11.0 Å². The van der Waals surface area contributed by atoms with Gasteiger partial charge in [0.05, 0.1) is 6.33 Å². The molecule has 4 aromatic rings. The normalized spacial score (nSPS) is 13.8. The van der Waals surface area contributed by atoms with Crippen LogP contribution in [0, 0.1) is 6.92 Å². The molecule has 0 saturated carbocycles. The van der Waals surface area contributed by atoms with E-state index in [9.17, 15) is 9.59 Å². The number of aryl methyl sites for hydroxylation is 2. The lowest BCUT2D eigenvalue weighted by molar-refractivity contribution is -0.119. The molecule has 6 heteroatoms. The first-order chi connectivity index (χ1) is 13.6. The summed E-state index contributed by atoms with van der Waals surface area (Å²) in [6.07, 6.45) is 3.32. The second kappa shape index (κ2) is 6.34. The minimum atomic E-state index is -0.337. The number of carbonyl (C=O) groups excluding carboxylic acids is 1. The summed E-state index contributed by atoms with van der Waals surface area (Å²) in [5, 5.41) is 0.800. The highest BCUT2D eigenvalue weighted by atomic mass is 16.3. The van der Waals surface area contributed by atoms with Crippen molar-refractivity contribution in [3.8, 4) is 0 Å². The van der Waals surface area contributed by atoms with Gasteiger partial charge < -0.3 is 9.32 Å². The summed E-state index contributed by atoms with van der Waals surface area (Å²) in [7, 11) is 0. The lowest BCUT2D eigenvalue weighted by atomic mass is 9.98. The summed E-state index contributed by atoms with van der Waals surface area (Å²) < 4.78 is 7.04. The minimum absolute atomic E-state index is 0.0629. The average Bonchev–Trinajstić information content (AvgIpc) is 3.09. The standard InChI is InChI=1S/C22H19N3O3/c1-14-6-4-7-15-8-5-11-25(20(14)15)18(26)12-24-13-23-19-16-9-2-3-10-17(16)28-21(19)22(24)27/h2-4,6-7,9-10,13H,5,8,11-12H2,1H3. The van der Waals surface area contributed by atoms with E-state index in [0.29, 0.717) is 17.6 Å². The first-order valence-electron chi connectivity index (χ1n) is 9.39. The van der Waals surface area contributed by atoms with E-state index < -0.39 is 0 Å². The summed E-state index contributed by atoms with van der Waals surface area (Å²) in [6.45, 7) is 2.61. The number of hydrogen-bond acceptors (Lipinski definition) is 4. The van der Waals surface area contributed by atoms with Crippen molar-refractivity contribution in [3.63, 3.8) is 0 Å². The fraction of sp³-hybridized carbons (Fsp3) is 0.227. The molecule has 1 amide bonds. The predicted octanol–water partition coefficient (Wildman–Crippen LogP) is 3.43. The Hall–Kier alpha value is -3.41. The molecule has 140 valence electrons. The van der Waals surface area contributed by atoms with Crippen molar-refractivity contribution < 1.29 is 9.21 Å². The van der Waals surface area contributed by atoms with Gasteiger partial charge in [0, 0.05) is 17.6 Å². The highest BCUT2D eigenvalue weighted by molar-refractivity contribution is 6.02. The first kappa shape index (κ1) is 16.7.